The van der Waals surface area contributed by atoms with Crippen LogP contribution < -0.4 is 11.1 Å². The molecule has 0 aromatic rings. The highest BCUT2D eigenvalue weighted by atomic mass is 16.4. The van der Waals surface area contributed by atoms with E-state index in [-0.39, 0.29) is 0 Å². The molecular weight excluding hydrogens is 208 g/mol. The predicted molar refractivity (Wildman–Crippen MR) is 61.2 cm³/mol. The van der Waals surface area contributed by atoms with Crippen molar-refractivity contribution in [1.82, 2.24) is 5.32 Å². The lowest BCUT2D eigenvalue weighted by molar-refractivity contribution is 0.0932. The molecule has 1 aliphatic carbocycles. The normalized spacial score (nSPS) is 29.4. The predicted octanol–water partition coefficient (Wildman–Crippen LogP) is 0.911. The van der Waals surface area contributed by atoms with E-state index in [1.807, 2.05) is 0 Å². The molecule has 0 heterocycles. The summed E-state index contributed by atoms with van der Waals surface area (Å²) in [5.74, 6) is 0.479. The summed E-state index contributed by atoms with van der Waals surface area (Å²) in [5, 5.41) is 20.6. The lowest BCUT2D eigenvalue weighted by atomic mass is 9.82. The van der Waals surface area contributed by atoms with E-state index in [0.29, 0.717) is 18.4 Å². The maximum Gasteiger partial charge on any atom is 0.404 e. The average molecular weight is 230 g/mol. The minimum absolute atomic E-state index is 0.308. The molecule has 1 saturated carbocycles. The summed E-state index contributed by atoms with van der Waals surface area (Å²) in [6, 6.07) is -0.101. The first-order chi connectivity index (χ1) is 7.49. The van der Waals surface area contributed by atoms with Gasteiger partial charge in [0.1, 0.15) is 0 Å². The van der Waals surface area contributed by atoms with E-state index >= 15 is 0 Å². The number of rotatable bonds is 4. The fourth-order valence-corrected chi connectivity index (χ4v) is 2.26. The second kappa shape index (κ2) is 6.06. The molecule has 0 bridgehead atoms. The standard InChI is InChI=1S/C11H22N2O3/c1-7(13-11(15)16)10(14)6-8-2-4-9(12)5-3-8/h7-10,13-14H,2-6,12H2,1H3,(H,15,16)/t7-,8?,9?,10+/m0/s1. The van der Waals surface area contributed by atoms with Crippen molar-refractivity contribution in [3.8, 4) is 0 Å². The Morgan fingerprint density at radius 3 is 2.50 bits per heavy atom. The van der Waals surface area contributed by atoms with E-state index in [1.54, 1.807) is 6.92 Å². The van der Waals surface area contributed by atoms with Gasteiger partial charge < -0.3 is 21.3 Å². The van der Waals surface area contributed by atoms with Crippen molar-refractivity contribution in [1.29, 1.82) is 0 Å². The minimum atomic E-state index is -1.09. The molecule has 0 unspecified atom stereocenters. The fourth-order valence-electron chi connectivity index (χ4n) is 2.26. The van der Waals surface area contributed by atoms with Gasteiger partial charge >= 0.3 is 6.09 Å². The van der Waals surface area contributed by atoms with Gasteiger partial charge in [-0.15, -0.1) is 0 Å². The van der Waals surface area contributed by atoms with Gasteiger partial charge in [-0.05, 0) is 44.9 Å². The molecule has 1 amide bonds. The molecule has 0 saturated heterocycles. The molecule has 1 aliphatic rings. The van der Waals surface area contributed by atoms with E-state index in [4.69, 9.17) is 10.8 Å². The second-order valence-electron chi connectivity index (χ2n) is 4.82. The van der Waals surface area contributed by atoms with Crippen molar-refractivity contribution in [3.05, 3.63) is 0 Å². The average Bonchev–Trinajstić information content (AvgIpc) is 2.20. The Morgan fingerprint density at radius 2 is 2.00 bits per heavy atom. The number of hydrogen-bond acceptors (Lipinski definition) is 3. The summed E-state index contributed by atoms with van der Waals surface area (Å²) in [5.41, 5.74) is 5.80. The molecule has 0 aromatic carbocycles. The van der Waals surface area contributed by atoms with Gasteiger partial charge in [0.15, 0.2) is 0 Å². The first-order valence-electron chi connectivity index (χ1n) is 5.92. The third-order valence-electron chi connectivity index (χ3n) is 3.39. The first kappa shape index (κ1) is 13.3. The van der Waals surface area contributed by atoms with Crippen molar-refractivity contribution < 1.29 is 15.0 Å². The van der Waals surface area contributed by atoms with Crippen molar-refractivity contribution in [2.75, 3.05) is 0 Å². The lowest BCUT2D eigenvalue weighted by Crippen LogP contribution is -2.41. The summed E-state index contributed by atoms with van der Waals surface area (Å²) in [4.78, 5) is 10.4. The number of carboxylic acid groups (broad SMARTS) is 1. The van der Waals surface area contributed by atoms with Crippen LogP contribution in [-0.4, -0.2) is 34.5 Å². The van der Waals surface area contributed by atoms with Gasteiger partial charge in [0, 0.05) is 6.04 Å². The van der Waals surface area contributed by atoms with Crippen molar-refractivity contribution in [2.24, 2.45) is 11.7 Å². The van der Waals surface area contributed by atoms with Crippen LogP contribution in [0.5, 0.6) is 0 Å². The van der Waals surface area contributed by atoms with Crippen LogP contribution >= 0.6 is 0 Å². The summed E-state index contributed by atoms with van der Waals surface area (Å²) >= 11 is 0. The molecule has 5 nitrogen and oxygen atoms in total. The van der Waals surface area contributed by atoms with Gasteiger partial charge in [-0.2, -0.15) is 0 Å². The summed E-state index contributed by atoms with van der Waals surface area (Å²) in [6.45, 7) is 1.69. The minimum Gasteiger partial charge on any atom is -0.465 e. The Balaban J connectivity index is 2.27. The summed E-state index contributed by atoms with van der Waals surface area (Å²) < 4.78 is 0. The van der Waals surface area contributed by atoms with Crippen LogP contribution in [0.2, 0.25) is 0 Å². The summed E-state index contributed by atoms with van der Waals surface area (Å²) in [7, 11) is 0. The molecule has 2 atom stereocenters. The van der Waals surface area contributed by atoms with Gasteiger partial charge in [0.2, 0.25) is 0 Å². The fraction of sp³-hybridized carbons (Fsp3) is 0.909. The molecule has 0 aromatic heterocycles. The third-order valence-corrected chi connectivity index (χ3v) is 3.39. The van der Waals surface area contributed by atoms with Gasteiger partial charge in [-0.1, -0.05) is 0 Å². The molecule has 94 valence electrons. The monoisotopic (exact) mass is 230 g/mol. The zero-order chi connectivity index (χ0) is 12.1. The third kappa shape index (κ3) is 4.37. The van der Waals surface area contributed by atoms with Crippen molar-refractivity contribution in [2.45, 2.75) is 57.2 Å². The Kier molecular flexibility index (Phi) is 5.02. The maximum atomic E-state index is 10.4. The Bertz CT molecular complexity index is 227. The van der Waals surface area contributed by atoms with Crippen LogP contribution in [0, 0.1) is 5.92 Å². The topological polar surface area (TPSA) is 95.6 Å². The van der Waals surface area contributed by atoms with Crippen LogP contribution in [0.25, 0.3) is 0 Å². The van der Waals surface area contributed by atoms with Gasteiger partial charge in [0.05, 0.1) is 12.1 Å². The molecule has 0 aliphatic heterocycles. The zero-order valence-electron chi connectivity index (χ0n) is 9.72. The zero-order valence-corrected chi connectivity index (χ0v) is 9.72. The van der Waals surface area contributed by atoms with Gasteiger partial charge in [0.25, 0.3) is 0 Å². The molecular formula is C11H22N2O3. The van der Waals surface area contributed by atoms with Gasteiger partial charge in [-0.25, -0.2) is 4.79 Å². The van der Waals surface area contributed by atoms with E-state index in [9.17, 15) is 9.90 Å². The van der Waals surface area contributed by atoms with E-state index in [0.717, 1.165) is 25.7 Å². The highest BCUT2D eigenvalue weighted by Crippen LogP contribution is 2.27. The Morgan fingerprint density at radius 1 is 1.44 bits per heavy atom. The Hall–Kier alpha value is -0.810. The maximum absolute atomic E-state index is 10.4. The van der Waals surface area contributed by atoms with Crippen LogP contribution in [-0.2, 0) is 0 Å². The smallest absolute Gasteiger partial charge is 0.404 e. The van der Waals surface area contributed by atoms with Crippen LogP contribution in [0.15, 0.2) is 0 Å². The molecule has 16 heavy (non-hydrogen) atoms. The van der Waals surface area contributed by atoms with Crippen molar-refractivity contribution in [3.63, 3.8) is 0 Å². The van der Waals surface area contributed by atoms with Crippen LogP contribution in [0.4, 0.5) is 4.79 Å². The molecule has 5 heteroatoms. The number of aliphatic hydroxyl groups is 1. The number of nitrogens with two attached hydrogens (primary N) is 1. The molecule has 0 spiro atoms. The van der Waals surface area contributed by atoms with Crippen LogP contribution in [0.1, 0.15) is 39.0 Å². The van der Waals surface area contributed by atoms with E-state index in [2.05, 4.69) is 5.32 Å². The number of amides is 1. The number of nitrogens with one attached hydrogen (secondary N) is 1. The quantitative estimate of drug-likeness (QED) is 0.577. The summed E-state index contributed by atoms with van der Waals surface area (Å²) in [6.07, 6.45) is 3.08. The molecule has 0 radical (unpaired) electrons. The number of carbonyl (C=O) groups is 1. The van der Waals surface area contributed by atoms with E-state index in [1.165, 1.54) is 0 Å². The molecule has 1 rings (SSSR count). The lowest BCUT2D eigenvalue weighted by Gasteiger charge is -2.29. The SMILES string of the molecule is C[C@H](NC(=O)O)[C@H](O)CC1CCC(N)CC1. The Labute approximate surface area is 96.0 Å². The first-order valence-corrected chi connectivity index (χ1v) is 5.92. The number of aliphatic hydroxyl groups excluding tert-OH is 1. The van der Waals surface area contributed by atoms with Gasteiger partial charge in [-0.3, -0.25) is 0 Å². The molecule has 5 N–H and O–H groups in total. The number of hydrogen-bond donors (Lipinski definition) is 4. The molecule has 1 fully saturated rings. The van der Waals surface area contributed by atoms with Crippen LogP contribution in [0.3, 0.4) is 0 Å². The highest BCUT2D eigenvalue weighted by Gasteiger charge is 2.24. The largest absolute Gasteiger partial charge is 0.465 e. The van der Waals surface area contributed by atoms with E-state index < -0.39 is 18.2 Å². The highest BCUT2D eigenvalue weighted by molar-refractivity contribution is 5.64. The van der Waals surface area contributed by atoms with Crippen molar-refractivity contribution >= 4 is 6.09 Å². The second-order valence-corrected chi connectivity index (χ2v) is 4.82.